The number of benzene rings is 1. The van der Waals surface area contributed by atoms with E-state index in [1.807, 2.05) is 31.2 Å². The highest BCUT2D eigenvalue weighted by molar-refractivity contribution is 5.95. The number of aliphatic imine (C=N–C) groups is 2. The molecule has 3 rings (SSSR count). The molecule has 1 fully saturated rings. The van der Waals surface area contributed by atoms with Gasteiger partial charge in [-0.25, -0.2) is 9.79 Å². The number of ether oxygens (including phenoxy) is 2. The van der Waals surface area contributed by atoms with Crippen molar-refractivity contribution in [3.05, 3.63) is 48.3 Å². The van der Waals surface area contributed by atoms with Crippen molar-refractivity contribution in [3.63, 3.8) is 0 Å². The molecule has 0 saturated carbocycles. The molecular weight excluding hydrogens is 412 g/mol. The Labute approximate surface area is 187 Å². The number of hydrogen-bond acceptors (Lipinski definition) is 5. The van der Waals surface area contributed by atoms with Crippen molar-refractivity contribution >= 4 is 30.3 Å². The summed E-state index contributed by atoms with van der Waals surface area (Å²) in [7, 11) is 3.26. The first-order chi connectivity index (χ1) is 15.4. The Hall–Kier alpha value is -3.66. The molecule has 32 heavy (non-hydrogen) atoms. The molecule has 3 amide bonds. The van der Waals surface area contributed by atoms with Crippen molar-refractivity contribution in [1.29, 1.82) is 0 Å². The molecule has 1 aromatic carbocycles. The van der Waals surface area contributed by atoms with Crippen LogP contribution in [0.15, 0.2) is 58.3 Å². The van der Waals surface area contributed by atoms with E-state index < -0.39 is 0 Å². The first-order valence-corrected chi connectivity index (χ1v) is 10.1. The maximum Gasteiger partial charge on any atom is 0.330 e. The van der Waals surface area contributed by atoms with E-state index in [4.69, 9.17) is 9.47 Å². The minimum Gasteiger partial charge on any atom is -0.497 e. The lowest BCUT2D eigenvalue weighted by Gasteiger charge is -2.34. The second kappa shape index (κ2) is 10.1. The molecule has 2 aliphatic heterocycles. The summed E-state index contributed by atoms with van der Waals surface area (Å²) in [6.07, 6.45) is 1.21. The fourth-order valence-electron chi connectivity index (χ4n) is 3.53. The molecule has 2 unspecified atom stereocenters. The van der Waals surface area contributed by atoms with Crippen LogP contribution in [0.3, 0.4) is 0 Å². The highest BCUT2D eigenvalue weighted by atomic mass is 16.5. The van der Waals surface area contributed by atoms with Gasteiger partial charge in [-0.3, -0.25) is 14.6 Å². The first-order valence-electron chi connectivity index (χ1n) is 10.1. The number of carbonyl (C=O) groups is 2. The van der Waals surface area contributed by atoms with Gasteiger partial charge in [0.05, 0.1) is 39.0 Å². The van der Waals surface area contributed by atoms with Crippen molar-refractivity contribution in [1.82, 2.24) is 15.5 Å². The zero-order chi connectivity index (χ0) is 23.3. The molecule has 0 aliphatic carbocycles. The van der Waals surface area contributed by atoms with E-state index >= 15 is 0 Å². The number of urea groups is 1. The number of carbonyl (C=O) groups excluding carboxylic acids is 2. The van der Waals surface area contributed by atoms with E-state index in [0.717, 1.165) is 17.0 Å². The largest absolute Gasteiger partial charge is 0.497 e. The van der Waals surface area contributed by atoms with E-state index in [1.165, 1.54) is 11.0 Å². The first kappa shape index (κ1) is 23.0. The molecule has 10 heteroatoms. The van der Waals surface area contributed by atoms with E-state index in [9.17, 15) is 9.59 Å². The standard InChI is InChI=1S/C22H28N6O4/c1-6-19(29)24-17-12-32-13-18(17)25-21(23-3)26-20-14(2)11-28(22(30)27(20)4)15-7-9-16(31-5)10-8-15/h6-10,17-18H,1,3,11-13H2,2,4-5H3,(H,24,29)(H,25,26). The minimum absolute atomic E-state index is 0.219. The van der Waals surface area contributed by atoms with Crippen molar-refractivity contribution < 1.29 is 19.1 Å². The molecule has 1 aromatic rings. The number of amides is 3. The van der Waals surface area contributed by atoms with E-state index in [1.54, 1.807) is 19.1 Å². The van der Waals surface area contributed by atoms with Gasteiger partial charge in [0.2, 0.25) is 11.9 Å². The molecule has 2 N–H and O–H groups in total. The topological polar surface area (TPSA) is 108 Å². The fraction of sp³-hybridized carbons (Fsp3) is 0.364. The van der Waals surface area contributed by atoms with Crippen LogP contribution in [-0.2, 0) is 9.53 Å². The van der Waals surface area contributed by atoms with Crippen molar-refractivity contribution in [2.24, 2.45) is 9.98 Å². The smallest absolute Gasteiger partial charge is 0.330 e. The Bertz CT molecular complexity index is 956. The highest BCUT2D eigenvalue weighted by Crippen LogP contribution is 2.27. The lowest BCUT2D eigenvalue weighted by Crippen LogP contribution is -2.50. The van der Waals surface area contributed by atoms with Crippen molar-refractivity contribution in [3.8, 4) is 5.75 Å². The van der Waals surface area contributed by atoms with Gasteiger partial charge in [0.25, 0.3) is 0 Å². The minimum atomic E-state index is -0.285. The van der Waals surface area contributed by atoms with Gasteiger partial charge in [0.15, 0.2) is 0 Å². The number of anilines is 1. The van der Waals surface area contributed by atoms with Gasteiger partial charge in [-0.2, -0.15) is 4.99 Å². The molecular formula is C22H28N6O4. The number of nitrogens with zero attached hydrogens (tertiary/aromatic N) is 4. The third kappa shape index (κ3) is 4.97. The quantitative estimate of drug-likeness (QED) is 0.396. The Morgan fingerprint density at radius 2 is 1.91 bits per heavy atom. The molecule has 0 bridgehead atoms. The lowest BCUT2D eigenvalue weighted by molar-refractivity contribution is -0.117. The predicted molar refractivity (Wildman–Crippen MR) is 123 cm³/mol. The lowest BCUT2D eigenvalue weighted by atomic mass is 10.1. The monoisotopic (exact) mass is 440 g/mol. The number of methoxy groups -OCH3 is 1. The summed E-state index contributed by atoms with van der Waals surface area (Å²) in [5.74, 6) is 1.16. The Balaban J connectivity index is 1.79. The molecule has 0 spiro atoms. The van der Waals surface area contributed by atoms with Gasteiger partial charge < -0.3 is 20.1 Å². The maximum absolute atomic E-state index is 13.0. The van der Waals surface area contributed by atoms with Crippen LogP contribution in [0.5, 0.6) is 5.75 Å². The normalized spacial score (nSPS) is 21.5. The third-order valence-electron chi connectivity index (χ3n) is 5.27. The van der Waals surface area contributed by atoms with Crippen LogP contribution >= 0.6 is 0 Å². The molecule has 2 heterocycles. The molecule has 0 aromatic heterocycles. The molecule has 170 valence electrons. The molecule has 0 radical (unpaired) electrons. The van der Waals surface area contributed by atoms with Gasteiger partial charge in [0.1, 0.15) is 11.6 Å². The molecule has 1 saturated heterocycles. The third-order valence-corrected chi connectivity index (χ3v) is 5.27. The van der Waals surface area contributed by atoms with Crippen LogP contribution in [0.4, 0.5) is 10.5 Å². The summed E-state index contributed by atoms with van der Waals surface area (Å²) in [6, 6.07) is 6.56. The van der Waals surface area contributed by atoms with Crippen LogP contribution in [0.2, 0.25) is 0 Å². The zero-order valence-electron chi connectivity index (χ0n) is 18.5. The molecule has 2 aliphatic rings. The number of rotatable bonds is 6. The summed E-state index contributed by atoms with van der Waals surface area (Å²) >= 11 is 0. The highest BCUT2D eigenvalue weighted by Gasteiger charge is 2.32. The summed E-state index contributed by atoms with van der Waals surface area (Å²) in [5.41, 5.74) is 1.64. The van der Waals surface area contributed by atoms with Crippen molar-refractivity contribution in [2.45, 2.75) is 19.0 Å². The van der Waals surface area contributed by atoms with Gasteiger partial charge >= 0.3 is 6.03 Å². The Morgan fingerprint density at radius 1 is 1.25 bits per heavy atom. The molecule has 2 atom stereocenters. The Kier molecular flexibility index (Phi) is 7.26. The average molecular weight is 441 g/mol. The fourth-order valence-corrected chi connectivity index (χ4v) is 3.53. The summed E-state index contributed by atoms with van der Waals surface area (Å²) in [4.78, 5) is 36.3. The van der Waals surface area contributed by atoms with E-state index in [2.05, 4.69) is 33.9 Å². The molecule has 10 nitrogen and oxygen atoms in total. The van der Waals surface area contributed by atoms with E-state index in [0.29, 0.717) is 25.6 Å². The predicted octanol–water partition coefficient (Wildman–Crippen LogP) is 1.51. The second-order valence-corrected chi connectivity index (χ2v) is 7.43. The van der Waals surface area contributed by atoms with Crippen LogP contribution in [0.25, 0.3) is 0 Å². The summed E-state index contributed by atoms with van der Waals surface area (Å²) in [6.45, 7) is 10.1. The number of guanidine groups is 1. The van der Waals surface area contributed by atoms with Gasteiger partial charge in [0, 0.05) is 12.7 Å². The van der Waals surface area contributed by atoms with Crippen LogP contribution in [0.1, 0.15) is 6.92 Å². The summed E-state index contributed by atoms with van der Waals surface area (Å²) < 4.78 is 10.7. The van der Waals surface area contributed by atoms with E-state index in [-0.39, 0.29) is 30.0 Å². The van der Waals surface area contributed by atoms with Gasteiger partial charge in [-0.1, -0.05) is 6.58 Å². The Morgan fingerprint density at radius 3 is 2.50 bits per heavy atom. The SMILES string of the molecule is C=CC(=O)NC1COCC1N/C(N=C)=N/C1=C(C)CN(c2ccc(OC)cc2)C(=O)N1C. The second-order valence-electron chi connectivity index (χ2n) is 7.43. The van der Waals surface area contributed by atoms with Crippen LogP contribution < -0.4 is 20.3 Å². The number of nitrogens with one attached hydrogen (secondary N) is 2. The van der Waals surface area contributed by atoms with Crippen molar-refractivity contribution in [2.75, 3.05) is 38.8 Å². The number of hydrogen-bond donors (Lipinski definition) is 2. The van der Waals surface area contributed by atoms with Crippen LogP contribution in [-0.4, -0.2) is 75.5 Å². The van der Waals surface area contributed by atoms with Crippen LogP contribution in [0, 0.1) is 0 Å². The van der Waals surface area contributed by atoms with Gasteiger partial charge in [-0.05, 0) is 49.6 Å². The maximum atomic E-state index is 13.0. The van der Waals surface area contributed by atoms with Gasteiger partial charge in [-0.15, -0.1) is 0 Å². The summed E-state index contributed by atoms with van der Waals surface area (Å²) in [5, 5.41) is 5.97. The zero-order valence-corrected chi connectivity index (χ0v) is 18.5. The average Bonchev–Trinajstić information content (AvgIpc) is 3.24.